The molecule has 5 heteroatoms. The van der Waals surface area contributed by atoms with Crippen molar-refractivity contribution in [1.82, 2.24) is 0 Å². The quantitative estimate of drug-likeness (QED) is 0.441. The molecule has 0 saturated carbocycles. The van der Waals surface area contributed by atoms with E-state index < -0.39 is 19.2 Å². The maximum atomic E-state index is 12.9. The van der Waals surface area contributed by atoms with Gasteiger partial charge in [0.1, 0.15) is 13.2 Å². The molecule has 0 N–H and O–H groups in total. The Morgan fingerprint density at radius 3 is 2.18 bits per heavy atom. The molecular formula is C12H18ClFO2Si. The molecule has 0 spiro atoms. The molecule has 0 aliphatic heterocycles. The van der Waals surface area contributed by atoms with Gasteiger partial charge in [-0.3, -0.25) is 0 Å². The molecule has 0 aliphatic rings. The van der Waals surface area contributed by atoms with Gasteiger partial charge in [0.25, 0.3) is 0 Å². The highest BCUT2D eigenvalue weighted by Crippen LogP contribution is 2.09. The first-order valence-electron chi connectivity index (χ1n) is 5.18. The number of carbonyl (C=O) groups is 1. The molecule has 96 valence electrons. The number of carbonyl (C=O) groups excluding carboxylic acids is 1. The minimum absolute atomic E-state index is 0.237. The highest BCUT2D eigenvalue weighted by molar-refractivity contribution is 7.18. The summed E-state index contributed by atoms with van der Waals surface area (Å²) in [6.07, 6.45) is 0. The zero-order chi connectivity index (χ0) is 13.6. The van der Waals surface area contributed by atoms with Crippen LogP contribution in [0.15, 0.2) is 18.2 Å². The third-order valence-corrected chi connectivity index (χ3v) is 1.59. The zero-order valence-corrected chi connectivity index (χ0v) is 12.6. The molecule has 0 aromatic heterocycles. The molecule has 0 unspecified atom stereocenters. The molecule has 1 rings (SSSR count). The molecule has 0 radical (unpaired) electrons. The summed E-state index contributed by atoms with van der Waals surface area (Å²) >= 11 is 5.67. The number of methoxy groups -OCH3 is 1. The SMILES string of the molecule is COC(=O)c1ccc(C)c(F)c1.C[Si](C)(C)Cl. The first-order chi connectivity index (χ1) is 7.65. The van der Waals surface area contributed by atoms with Crippen LogP contribution in [0.1, 0.15) is 15.9 Å². The Labute approximate surface area is 107 Å². The van der Waals surface area contributed by atoms with Crippen LogP contribution in [0.5, 0.6) is 0 Å². The topological polar surface area (TPSA) is 26.3 Å². The standard InChI is InChI=1S/C9H9FO2.C3H9ClSi/c1-6-3-4-7(5-8(6)10)9(11)12-2;1-5(2,3)4/h3-5H,1-2H3;1-3H3. The zero-order valence-electron chi connectivity index (χ0n) is 10.8. The van der Waals surface area contributed by atoms with Gasteiger partial charge in [0, 0.05) is 0 Å². The number of halogens is 2. The fourth-order valence-electron chi connectivity index (χ4n) is 0.838. The average molecular weight is 277 g/mol. The molecule has 0 amide bonds. The van der Waals surface area contributed by atoms with Crippen molar-refractivity contribution in [3.63, 3.8) is 0 Å². The summed E-state index contributed by atoms with van der Waals surface area (Å²) in [6.45, 7) is 7.91. The highest BCUT2D eigenvalue weighted by Gasteiger charge is 2.06. The fraction of sp³-hybridized carbons (Fsp3) is 0.417. The van der Waals surface area contributed by atoms with E-state index in [2.05, 4.69) is 24.4 Å². The Balaban J connectivity index is 0.000000437. The lowest BCUT2D eigenvalue weighted by atomic mass is 10.1. The Morgan fingerprint density at radius 1 is 1.35 bits per heavy atom. The first kappa shape index (κ1) is 16.1. The van der Waals surface area contributed by atoms with Crippen LogP contribution < -0.4 is 0 Å². The third kappa shape index (κ3) is 7.93. The van der Waals surface area contributed by atoms with Gasteiger partial charge in [-0.2, -0.15) is 11.1 Å². The van der Waals surface area contributed by atoms with Crippen LogP contribution in [-0.4, -0.2) is 20.5 Å². The molecular weight excluding hydrogens is 259 g/mol. The molecule has 1 aromatic carbocycles. The van der Waals surface area contributed by atoms with Crippen molar-refractivity contribution >= 4 is 24.4 Å². The van der Waals surface area contributed by atoms with E-state index in [-0.39, 0.29) is 5.56 Å². The van der Waals surface area contributed by atoms with Crippen LogP contribution in [0.4, 0.5) is 4.39 Å². The summed E-state index contributed by atoms with van der Waals surface area (Å²) in [5.41, 5.74) is 0.753. The summed E-state index contributed by atoms with van der Waals surface area (Å²) in [5, 5.41) is 0. The molecule has 0 bridgehead atoms. The molecule has 17 heavy (non-hydrogen) atoms. The predicted octanol–water partition coefficient (Wildman–Crippen LogP) is 3.98. The van der Waals surface area contributed by atoms with E-state index in [1.165, 1.54) is 19.2 Å². The van der Waals surface area contributed by atoms with Gasteiger partial charge >= 0.3 is 5.97 Å². The van der Waals surface area contributed by atoms with Gasteiger partial charge in [-0.1, -0.05) is 25.7 Å². The van der Waals surface area contributed by atoms with Crippen LogP contribution in [-0.2, 0) is 4.74 Å². The third-order valence-electron chi connectivity index (χ3n) is 1.59. The number of hydrogen-bond acceptors (Lipinski definition) is 2. The van der Waals surface area contributed by atoms with E-state index in [1.54, 1.807) is 13.0 Å². The lowest BCUT2D eigenvalue weighted by Crippen LogP contribution is -2.06. The van der Waals surface area contributed by atoms with Crippen LogP contribution in [0.2, 0.25) is 19.6 Å². The van der Waals surface area contributed by atoms with Gasteiger partial charge < -0.3 is 4.74 Å². The second-order valence-electron chi connectivity index (χ2n) is 4.52. The highest BCUT2D eigenvalue weighted by atomic mass is 35.6. The number of benzene rings is 1. The van der Waals surface area contributed by atoms with Crippen molar-refractivity contribution in [2.24, 2.45) is 0 Å². The van der Waals surface area contributed by atoms with Crippen molar-refractivity contribution in [1.29, 1.82) is 0 Å². The summed E-state index contributed by atoms with van der Waals surface area (Å²) in [4.78, 5) is 10.9. The first-order valence-corrected chi connectivity index (χ1v) is 9.69. The number of esters is 1. The van der Waals surface area contributed by atoms with E-state index in [9.17, 15) is 9.18 Å². The van der Waals surface area contributed by atoms with E-state index >= 15 is 0 Å². The molecule has 1 aromatic rings. The van der Waals surface area contributed by atoms with Crippen molar-refractivity contribution in [3.05, 3.63) is 35.1 Å². The van der Waals surface area contributed by atoms with Crippen LogP contribution >= 0.6 is 11.1 Å². The van der Waals surface area contributed by atoms with Gasteiger partial charge in [-0.25, -0.2) is 9.18 Å². The predicted molar refractivity (Wildman–Crippen MR) is 71.7 cm³/mol. The number of ether oxygens (including phenoxy) is 1. The normalized spacial score (nSPS) is 10.3. The van der Waals surface area contributed by atoms with Gasteiger partial charge in [0.05, 0.1) is 12.7 Å². The van der Waals surface area contributed by atoms with Crippen LogP contribution in [0.3, 0.4) is 0 Å². The summed E-state index contributed by atoms with van der Waals surface area (Å²) < 4.78 is 17.3. The average Bonchev–Trinajstić information content (AvgIpc) is 2.18. The van der Waals surface area contributed by atoms with Crippen molar-refractivity contribution < 1.29 is 13.9 Å². The fourth-order valence-corrected chi connectivity index (χ4v) is 0.838. The van der Waals surface area contributed by atoms with E-state index in [1.807, 2.05) is 0 Å². The minimum Gasteiger partial charge on any atom is -0.465 e. The largest absolute Gasteiger partial charge is 0.465 e. The summed E-state index contributed by atoms with van der Waals surface area (Å²) in [6, 6.07) is 4.24. The van der Waals surface area contributed by atoms with Gasteiger partial charge in [0.2, 0.25) is 0 Å². The Kier molecular flexibility index (Phi) is 6.42. The Morgan fingerprint density at radius 2 is 1.82 bits per heavy atom. The molecule has 0 fully saturated rings. The molecule has 0 atom stereocenters. The molecule has 2 nitrogen and oxygen atoms in total. The number of aryl methyl sites for hydroxylation is 1. The van der Waals surface area contributed by atoms with Crippen LogP contribution in [0, 0.1) is 12.7 Å². The molecule has 0 heterocycles. The summed E-state index contributed by atoms with van der Waals surface area (Å²) in [5.74, 6) is -0.910. The van der Waals surface area contributed by atoms with Gasteiger partial charge in [-0.05, 0) is 24.6 Å². The van der Waals surface area contributed by atoms with Crippen molar-refractivity contribution in [2.75, 3.05) is 7.11 Å². The Bertz CT molecular complexity index is 383. The number of rotatable bonds is 1. The minimum atomic E-state index is -1.14. The van der Waals surface area contributed by atoms with Crippen molar-refractivity contribution in [3.8, 4) is 0 Å². The van der Waals surface area contributed by atoms with Gasteiger partial charge in [0.15, 0.2) is 0 Å². The summed E-state index contributed by atoms with van der Waals surface area (Å²) in [7, 11) is 0.125. The number of hydrogen-bond donors (Lipinski definition) is 0. The lowest BCUT2D eigenvalue weighted by molar-refractivity contribution is 0.0600. The maximum Gasteiger partial charge on any atom is 0.337 e. The monoisotopic (exact) mass is 276 g/mol. The smallest absolute Gasteiger partial charge is 0.337 e. The lowest BCUT2D eigenvalue weighted by Gasteiger charge is -2.00. The van der Waals surface area contributed by atoms with E-state index in [4.69, 9.17) is 11.1 Å². The van der Waals surface area contributed by atoms with Crippen LogP contribution in [0.25, 0.3) is 0 Å². The molecule has 0 aliphatic carbocycles. The van der Waals surface area contributed by atoms with E-state index in [0.717, 1.165) is 0 Å². The maximum absolute atomic E-state index is 12.9. The molecule has 0 saturated heterocycles. The van der Waals surface area contributed by atoms with E-state index in [0.29, 0.717) is 5.56 Å². The van der Waals surface area contributed by atoms with Gasteiger partial charge in [-0.15, -0.1) is 0 Å². The second-order valence-corrected chi connectivity index (χ2v) is 12.1. The van der Waals surface area contributed by atoms with Crippen molar-refractivity contribution in [2.45, 2.75) is 26.6 Å². The second kappa shape index (κ2) is 6.76. The Hall–Kier alpha value is -0.873.